The normalized spacial score (nSPS) is 25.5. The van der Waals surface area contributed by atoms with E-state index in [0.29, 0.717) is 43.7 Å². The third-order valence-electron chi connectivity index (χ3n) is 12.0. The minimum absolute atomic E-state index is 0.0338. The molecule has 4 atom stereocenters. The lowest BCUT2D eigenvalue weighted by molar-refractivity contribution is -0.137. The summed E-state index contributed by atoms with van der Waals surface area (Å²) in [6.07, 6.45) is 2.57. The van der Waals surface area contributed by atoms with Crippen LogP contribution in [-0.4, -0.2) is 129 Å². The first-order chi connectivity index (χ1) is 25.5. The number of aromatic nitrogens is 2. The first kappa shape index (κ1) is 40.0. The van der Waals surface area contributed by atoms with E-state index in [4.69, 9.17) is 4.74 Å². The summed E-state index contributed by atoms with van der Waals surface area (Å²) in [6.45, 7) is 13.4. The number of carbonyl (C=O) groups excluding carboxylic acids is 3. The number of ether oxygens (including phenoxy) is 1. The highest BCUT2D eigenvalue weighted by Gasteiger charge is 2.44. The number of carbonyl (C=O) groups is 3. The molecule has 0 bridgehead atoms. The first-order valence-corrected chi connectivity index (χ1v) is 19.6. The van der Waals surface area contributed by atoms with Gasteiger partial charge in [-0.05, 0) is 124 Å². The van der Waals surface area contributed by atoms with Crippen molar-refractivity contribution in [1.82, 2.24) is 34.9 Å². The van der Waals surface area contributed by atoms with Crippen LogP contribution in [0.25, 0.3) is 10.9 Å². The van der Waals surface area contributed by atoms with Crippen LogP contribution in [0.2, 0.25) is 0 Å². The largest absolute Gasteiger partial charge is 0.444 e. The fraction of sp³-hybridized carbons (Fsp3) is 0.718. The number of anilines is 1. The average Bonchev–Trinajstić information content (AvgIpc) is 3.49. The highest BCUT2D eigenvalue weighted by molar-refractivity contribution is 5.93. The average molecular weight is 759 g/mol. The van der Waals surface area contributed by atoms with Gasteiger partial charge in [0.1, 0.15) is 23.8 Å². The Morgan fingerprint density at radius 2 is 1.65 bits per heavy atom. The molecule has 4 fully saturated rings. The second-order valence-electron chi connectivity index (χ2n) is 16.9. The molecule has 12 nitrogen and oxygen atoms in total. The lowest BCUT2D eigenvalue weighted by atomic mass is 9.83. The molecule has 2 N–H and O–H groups in total. The fourth-order valence-electron chi connectivity index (χ4n) is 8.70. The molecule has 3 amide bonds. The van der Waals surface area contributed by atoms with Gasteiger partial charge in [-0.25, -0.2) is 14.8 Å². The molecule has 4 aliphatic rings. The van der Waals surface area contributed by atoms with E-state index in [0.717, 1.165) is 70.2 Å². The Balaban J connectivity index is 1.08. The van der Waals surface area contributed by atoms with Crippen LogP contribution < -0.4 is 10.6 Å². The van der Waals surface area contributed by atoms with E-state index in [9.17, 15) is 27.6 Å². The zero-order chi connectivity index (χ0) is 38.9. The molecule has 1 aromatic carbocycles. The molecule has 1 saturated carbocycles. The van der Waals surface area contributed by atoms with Crippen LogP contribution >= 0.6 is 0 Å². The zero-order valence-corrected chi connectivity index (χ0v) is 32.5. The van der Waals surface area contributed by atoms with Crippen molar-refractivity contribution in [3.05, 3.63) is 30.1 Å². The van der Waals surface area contributed by atoms with Crippen molar-refractivity contribution in [1.29, 1.82) is 0 Å². The van der Waals surface area contributed by atoms with E-state index in [1.54, 1.807) is 4.90 Å². The van der Waals surface area contributed by atoms with Crippen LogP contribution in [-0.2, 0) is 20.5 Å². The second kappa shape index (κ2) is 16.2. The number of fused-ring (bicyclic) bond motifs is 1. The van der Waals surface area contributed by atoms with Crippen LogP contribution in [0.1, 0.15) is 91.5 Å². The number of amides is 3. The van der Waals surface area contributed by atoms with Crippen LogP contribution in [0.4, 0.5) is 23.8 Å². The van der Waals surface area contributed by atoms with E-state index >= 15 is 0 Å². The summed E-state index contributed by atoms with van der Waals surface area (Å²) in [7, 11) is 2.11. The summed E-state index contributed by atoms with van der Waals surface area (Å²) in [5.41, 5.74) is -0.972. The van der Waals surface area contributed by atoms with E-state index in [1.807, 2.05) is 25.7 Å². The van der Waals surface area contributed by atoms with E-state index in [1.165, 1.54) is 12.4 Å². The Morgan fingerprint density at radius 1 is 0.944 bits per heavy atom. The standard InChI is InChI=1S/C39H57F3N8O4/c1-24(2)47(6)28-8-10-33(50-20-15-31(36(50)52)45-34-29-21-26(39(40,41)42)7-9-30(29)43-23-44-34)32(22-28)46-35(51)25-11-16-48(17-12-25)27-13-18-49(19-14-27)37(53)54-38(3,4)5/h7,9,21,23-25,27-28,31-33H,8,10-20,22H2,1-6H3,(H,46,51)(H,43,44,45)/t28-,31+,32-,33+/m1/s1. The number of halogens is 3. The zero-order valence-electron chi connectivity index (χ0n) is 32.5. The molecule has 6 rings (SSSR count). The molecule has 15 heteroatoms. The van der Waals surface area contributed by atoms with Gasteiger partial charge < -0.3 is 35.0 Å². The maximum atomic E-state index is 14.0. The van der Waals surface area contributed by atoms with E-state index in [-0.39, 0.29) is 53.2 Å². The Labute approximate surface area is 316 Å². The minimum atomic E-state index is -4.53. The van der Waals surface area contributed by atoms with Crippen LogP contribution in [0.5, 0.6) is 0 Å². The lowest BCUT2D eigenvalue weighted by Gasteiger charge is -2.45. The lowest BCUT2D eigenvalue weighted by Crippen LogP contribution is -2.59. The molecule has 3 aliphatic heterocycles. The molecule has 4 heterocycles. The molecule has 0 spiro atoms. The number of hydrogen-bond acceptors (Lipinski definition) is 9. The van der Waals surface area contributed by atoms with Gasteiger partial charge in [0.25, 0.3) is 0 Å². The predicted octanol–water partition coefficient (Wildman–Crippen LogP) is 5.52. The van der Waals surface area contributed by atoms with Crippen molar-refractivity contribution in [3.8, 4) is 0 Å². The maximum Gasteiger partial charge on any atom is 0.416 e. The maximum absolute atomic E-state index is 14.0. The van der Waals surface area contributed by atoms with E-state index in [2.05, 4.69) is 51.3 Å². The third-order valence-corrected chi connectivity index (χ3v) is 12.0. The smallest absolute Gasteiger partial charge is 0.416 e. The van der Waals surface area contributed by atoms with Crippen molar-refractivity contribution in [3.63, 3.8) is 0 Å². The summed E-state index contributed by atoms with van der Waals surface area (Å²) >= 11 is 0. The SMILES string of the molecule is CC(C)N(C)[C@@H]1CC[C@H](N2CC[C@H](Nc3ncnc4ccc(C(F)(F)F)cc34)C2=O)[C@H](NC(=O)C2CCN(C3CCN(C(=O)OC(C)(C)C)CC3)CC2)C1. The predicted molar refractivity (Wildman–Crippen MR) is 200 cm³/mol. The van der Waals surface area contributed by atoms with Gasteiger partial charge in [-0.2, -0.15) is 13.2 Å². The monoisotopic (exact) mass is 758 g/mol. The Morgan fingerprint density at radius 3 is 2.30 bits per heavy atom. The minimum Gasteiger partial charge on any atom is -0.444 e. The Bertz CT molecular complexity index is 1650. The number of likely N-dealkylation sites (tertiary alicyclic amines) is 3. The van der Waals surface area contributed by atoms with Crippen LogP contribution in [0.3, 0.4) is 0 Å². The van der Waals surface area contributed by atoms with Crippen molar-refractivity contribution >= 4 is 34.6 Å². The number of nitrogens with one attached hydrogen (secondary N) is 2. The Hall–Kier alpha value is -3.72. The molecule has 3 saturated heterocycles. The molecule has 1 aliphatic carbocycles. The first-order valence-electron chi connectivity index (χ1n) is 19.6. The summed E-state index contributed by atoms with van der Waals surface area (Å²) in [6, 6.07) is 3.19. The summed E-state index contributed by atoms with van der Waals surface area (Å²) in [5, 5.41) is 6.77. The Kier molecular flexibility index (Phi) is 12.0. The number of hydrogen-bond donors (Lipinski definition) is 2. The van der Waals surface area contributed by atoms with Gasteiger partial charge in [-0.3, -0.25) is 9.59 Å². The van der Waals surface area contributed by atoms with Gasteiger partial charge in [0, 0.05) is 49.1 Å². The molecule has 0 unspecified atom stereocenters. The molecule has 2 aromatic rings. The molecule has 298 valence electrons. The summed E-state index contributed by atoms with van der Waals surface area (Å²) in [5.74, 6) is -0.0344. The molecular formula is C39H57F3N8O4. The van der Waals surface area contributed by atoms with Gasteiger partial charge in [0.15, 0.2) is 0 Å². The van der Waals surface area contributed by atoms with Crippen LogP contribution in [0, 0.1) is 5.92 Å². The summed E-state index contributed by atoms with van der Waals surface area (Å²) in [4.78, 5) is 57.3. The van der Waals surface area contributed by atoms with Gasteiger partial charge >= 0.3 is 12.3 Å². The number of nitrogens with zero attached hydrogens (tertiary/aromatic N) is 6. The van der Waals surface area contributed by atoms with Gasteiger partial charge in [0.2, 0.25) is 11.8 Å². The van der Waals surface area contributed by atoms with Crippen molar-refractivity contribution < 1.29 is 32.3 Å². The van der Waals surface area contributed by atoms with Crippen molar-refractivity contribution in [2.75, 3.05) is 45.1 Å². The topological polar surface area (TPSA) is 123 Å². The van der Waals surface area contributed by atoms with Crippen molar-refractivity contribution in [2.24, 2.45) is 5.92 Å². The second-order valence-corrected chi connectivity index (χ2v) is 16.9. The van der Waals surface area contributed by atoms with Gasteiger partial charge in [-0.1, -0.05) is 0 Å². The number of rotatable bonds is 8. The number of alkyl halides is 3. The highest BCUT2D eigenvalue weighted by Crippen LogP contribution is 2.35. The molecule has 0 radical (unpaired) electrons. The highest BCUT2D eigenvalue weighted by atomic mass is 19.4. The number of piperidine rings is 2. The molecular weight excluding hydrogens is 701 g/mol. The molecule has 54 heavy (non-hydrogen) atoms. The quantitative estimate of drug-likeness (QED) is 0.359. The fourth-order valence-corrected chi connectivity index (χ4v) is 8.70. The van der Waals surface area contributed by atoms with E-state index < -0.39 is 23.4 Å². The van der Waals surface area contributed by atoms with Crippen LogP contribution in [0.15, 0.2) is 24.5 Å². The van der Waals surface area contributed by atoms with Crippen molar-refractivity contribution in [2.45, 2.75) is 134 Å². The number of benzene rings is 1. The molecule has 1 aromatic heterocycles. The van der Waals surface area contributed by atoms with Gasteiger partial charge in [0.05, 0.1) is 23.2 Å². The summed E-state index contributed by atoms with van der Waals surface area (Å²) < 4.78 is 46.2. The third kappa shape index (κ3) is 9.21. The van der Waals surface area contributed by atoms with Gasteiger partial charge in [-0.15, -0.1) is 0 Å².